The molecular weight excluding hydrogens is 366 g/mol. The van der Waals surface area contributed by atoms with Gasteiger partial charge in [-0.3, -0.25) is 9.59 Å². The monoisotopic (exact) mass is 389 g/mol. The van der Waals surface area contributed by atoms with Crippen molar-refractivity contribution >= 4 is 17.6 Å². The highest BCUT2D eigenvalue weighted by Crippen LogP contribution is 2.24. The second-order valence-corrected chi connectivity index (χ2v) is 6.47. The van der Waals surface area contributed by atoms with E-state index in [-0.39, 0.29) is 12.5 Å². The second kappa shape index (κ2) is 10.1. The minimum absolute atomic E-state index is 0.341. The number of anilines is 1. The smallest absolute Gasteiger partial charge is 0.313 e. The Labute approximate surface area is 170 Å². The number of carbonyl (C=O) groups is 2. The van der Waals surface area contributed by atoms with Gasteiger partial charge in [0.2, 0.25) is 0 Å². The van der Waals surface area contributed by atoms with Crippen LogP contribution in [-0.2, 0) is 14.3 Å². The van der Waals surface area contributed by atoms with Crippen molar-refractivity contribution in [2.45, 2.75) is 19.3 Å². The zero-order chi connectivity index (χ0) is 20.5. The molecule has 5 heteroatoms. The lowest BCUT2D eigenvalue weighted by atomic mass is 9.97. The van der Waals surface area contributed by atoms with Crippen molar-refractivity contribution in [3.63, 3.8) is 0 Å². The van der Waals surface area contributed by atoms with Crippen LogP contribution < -0.4 is 10.1 Å². The molecule has 0 radical (unpaired) electrons. The van der Waals surface area contributed by atoms with Gasteiger partial charge in [-0.2, -0.15) is 0 Å². The Balaban J connectivity index is 1.54. The molecule has 0 aromatic heterocycles. The molecule has 0 aliphatic rings. The van der Waals surface area contributed by atoms with E-state index < -0.39 is 11.9 Å². The van der Waals surface area contributed by atoms with Crippen LogP contribution in [0.5, 0.6) is 11.5 Å². The van der Waals surface area contributed by atoms with Crippen LogP contribution in [0.1, 0.15) is 24.8 Å². The molecule has 1 atom stereocenters. The Morgan fingerprint density at radius 2 is 1.52 bits per heavy atom. The third-order valence-corrected chi connectivity index (χ3v) is 4.34. The highest BCUT2D eigenvalue weighted by molar-refractivity contribution is 5.93. The fourth-order valence-corrected chi connectivity index (χ4v) is 2.92. The third kappa shape index (κ3) is 5.94. The lowest BCUT2D eigenvalue weighted by molar-refractivity contribution is -0.149. The summed E-state index contributed by atoms with van der Waals surface area (Å²) in [6.07, 6.45) is 0.601. The van der Waals surface area contributed by atoms with E-state index in [2.05, 4.69) is 5.32 Å². The molecule has 3 rings (SSSR count). The first-order chi connectivity index (χ1) is 14.2. The standard InChI is InChI=1S/C24H23NO4/c1-2-22(18-10-5-3-6-11-18)24(27)28-17-23(26)25-19-12-9-15-21(16-19)29-20-13-7-4-8-14-20/h3-16,22H,2,17H2,1H3,(H,25,26)/t22-/m0/s1. The summed E-state index contributed by atoms with van der Waals surface area (Å²) in [7, 11) is 0. The van der Waals surface area contributed by atoms with Crippen LogP contribution in [0.2, 0.25) is 0 Å². The Hall–Kier alpha value is -3.60. The number of hydrogen-bond donors (Lipinski definition) is 1. The van der Waals surface area contributed by atoms with Gasteiger partial charge in [0.1, 0.15) is 11.5 Å². The van der Waals surface area contributed by atoms with E-state index in [1.54, 1.807) is 24.3 Å². The van der Waals surface area contributed by atoms with Gasteiger partial charge in [0.15, 0.2) is 6.61 Å². The summed E-state index contributed by atoms with van der Waals surface area (Å²) in [5.41, 5.74) is 1.45. The maximum absolute atomic E-state index is 12.4. The van der Waals surface area contributed by atoms with Gasteiger partial charge in [0, 0.05) is 11.8 Å². The highest BCUT2D eigenvalue weighted by atomic mass is 16.5. The Bertz CT molecular complexity index is 941. The number of benzene rings is 3. The molecule has 148 valence electrons. The molecule has 1 amide bonds. The number of hydrogen-bond acceptors (Lipinski definition) is 4. The summed E-state index contributed by atoms with van der Waals surface area (Å²) in [5.74, 6) is 0.109. The largest absolute Gasteiger partial charge is 0.457 e. The van der Waals surface area contributed by atoms with Crippen LogP contribution in [0.4, 0.5) is 5.69 Å². The van der Waals surface area contributed by atoms with Crippen LogP contribution in [-0.4, -0.2) is 18.5 Å². The van der Waals surface area contributed by atoms with Gasteiger partial charge in [0.05, 0.1) is 5.92 Å². The molecule has 0 heterocycles. The molecule has 3 aromatic rings. The van der Waals surface area contributed by atoms with Gasteiger partial charge in [0.25, 0.3) is 5.91 Å². The number of para-hydroxylation sites is 1. The van der Waals surface area contributed by atoms with Crippen LogP contribution in [0.15, 0.2) is 84.9 Å². The maximum atomic E-state index is 12.4. The lowest BCUT2D eigenvalue weighted by Crippen LogP contribution is -2.23. The van der Waals surface area contributed by atoms with Crippen molar-refractivity contribution in [1.82, 2.24) is 0 Å². The minimum atomic E-state index is -0.407. The molecule has 1 N–H and O–H groups in total. The predicted octanol–water partition coefficient (Wildman–Crippen LogP) is 5.15. The summed E-state index contributed by atoms with van der Waals surface area (Å²) < 4.78 is 11.0. The van der Waals surface area contributed by atoms with Gasteiger partial charge in [-0.25, -0.2) is 0 Å². The van der Waals surface area contributed by atoms with Crippen molar-refractivity contribution in [2.24, 2.45) is 0 Å². The van der Waals surface area contributed by atoms with E-state index in [9.17, 15) is 9.59 Å². The number of nitrogens with one attached hydrogen (secondary N) is 1. The topological polar surface area (TPSA) is 64.6 Å². The average Bonchev–Trinajstić information content (AvgIpc) is 2.74. The predicted molar refractivity (Wildman–Crippen MR) is 112 cm³/mol. The Kier molecular flexibility index (Phi) is 7.00. The molecule has 5 nitrogen and oxygen atoms in total. The number of amides is 1. The normalized spacial score (nSPS) is 11.3. The summed E-state index contributed by atoms with van der Waals surface area (Å²) in [6, 6.07) is 25.8. The number of carbonyl (C=O) groups excluding carboxylic acids is 2. The molecule has 0 bridgehead atoms. The third-order valence-electron chi connectivity index (χ3n) is 4.34. The molecule has 0 aliphatic heterocycles. The van der Waals surface area contributed by atoms with Crippen molar-refractivity contribution in [3.8, 4) is 11.5 Å². The van der Waals surface area contributed by atoms with Crippen molar-refractivity contribution in [3.05, 3.63) is 90.5 Å². The summed E-state index contributed by atoms with van der Waals surface area (Å²) in [6.45, 7) is 1.57. The first kappa shape index (κ1) is 20.1. The zero-order valence-corrected chi connectivity index (χ0v) is 16.2. The van der Waals surface area contributed by atoms with Crippen LogP contribution in [0.3, 0.4) is 0 Å². The molecule has 0 unspecified atom stereocenters. The fraction of sp³-hybridized carbons (Fsp3) is 0.167. The van der Waals surface area contributed by atoms with E-state index in [1.165, 1.54) is 0 Å². The Morgan fingerprint density at radius 1 is 0.862 bits per heavy atom. The molecule has 0 aliphatic carbocycles. The van der Waals surface area contributed by atoms with Crippen LogP contribution >= 0.6 is 0 Å². The SMILES string of the molecule is CC[C@H](C(=O)OCC(=O)Nc1cccc(Oc2ccccc2)c1)c1ccccc1. The molecule has 0 saturated heterocycles. The molecule has 0 spiro atoms. The summed E-state index contributed by atoms with van der Waals surface area (Å²) >= 11 is 0. The van der Waals surface area contributed by atoms with Crippen molar-refractivity contribution in [2.75, 3.05) is 11.9 Å². The summed E-state index contributed by atoms with van der Waals surface area (Å²) in [4.78, 5) is 24.6. The van der Waals surface area contributed by atoms with Gasteiger partial charge in [-0.1, -0.05) is 61.5 Å². The lowest BCUT2D eigenvalue weighted by Gasteiger charge is -2.14. The molecular formula is C24H23NO4. The second-order valence-electron chi connectivity index (χ2n) is 6.47. The van der Waals surface area contributed by atoms with Gasteiger partial charge in [-0.05, 0) is 36.2 Å². The number of esters is 1. The molecule has 3 aromatic carbocycles. The van der Waals surface area contributed by atoms with Gasteiger partial charge < -0.3 is 14.8 Å². The van der Waals surface area contributed by atoms with Crippen molar-refractivity contribution in [1.29, 1.82) is 0 Å². The number of rotatable bonds is 8. The minimum Gasteiger partial charge on any atom is -0.457 e. The van der Waals surface area contributed by atoms with E-state index >= 15 is 0 Å². The molecule has 0 fully saturated rings. The van der Waals surface area contributed by atoms with Gasteiger partial charge >= 0.3 is 5.97 Å². The van der Waals surface area contributed by atoms with Crippen LogP contribution in [0.25, 0.3) is 0 Å². The van der Waals surface area contributed by atoms with Crippen LogP contribution in [0, 0.1) is 0 Å². The first-order valence-electron chi connectivity index (χ1n) is 9.50. The fourth-order valence-electron chi connectivity index (χ4n) is 2.92. The molecule has 29 heavy (non-hydrogen) atoms. The quantitative estimate of drug-likeness (QED) is 0.541. The molecule has 0 saturated carbocycles. The van der Waals surface area contributed by atoms with Crippen molar-refractivity contribution < 1.29 is 19.1 Å². The Morgan fingerprint density at radius 3 is 2.21 bits per heavy atom. The van der Waals surface area contributed by atoms with E-state index in [1.807, 2.05) is 67.6 Å². The van der Waals surface area contributed by atoms with E-state index in [0.717, 1.165) is 5.56 Å². The zero-order valence-electron chi connectivity index (χ0n) is 16.2. The summed E-state index contributed by atoms with van der Waals surface area (Å²) in [5, 5.41) is 2.72. The van der Waals surface area contributed by atoms with E-state index in [0.29, 0.717) is 23.6 Å². The van der Waals surface area contributed by atoms with Gasteiger partial charge in [-0.15, -0.1) is 0 Å². The maximum Gasteiger partial charge on any atom is 0.313 e. The number of ether oxygens (including phenoxy) is 2. The first-order valence-corrected chi connectivity index (χ1v) is 9.50. The van der Waals surface area contributed by atoms with E-state index in [4.69, 9.17) is 9.47 Å². The highest BCUT2D eigenvalue weighted by Gasteiger charge is 2.21. The average molecular weight is 389 g/mol.